The topological polar surface area (TPSA) is 67.4 Å². The first-order chi connectivity index (χ1) is 14.0. The maximum absolute atomic E-state index is 12.7. The van der Waals surface area contributed by atoms with E-state index in [2.05, 4.69) is 16.7 Å². The van der Waals surface area contributed by atoms with E-state index < -0.39 is 6.04 Å². The van der Waals surface area contributed by atoms with Gasteiger partial charge in [0.05, 0.1) is 17.7 Å². The fraction of sp³-hybridized carbons (Fsp3) is 0.364. The highest BCUT2D eigenvalue weighted by Gasteiger charge is 2.22. The van der Waals surface area contributed by atoms with Gasteiger partial charge < -0.3 is 15.4 Å². The van der Waals surface area contributed by atoms with E-state index in [0.29, 0.717) is 30.0 Å². The molecule has 0 aromatic heterocycles. The zero-order chi connectivity index (χ0) is 21.2. The number of halogens is 1. The van der Waals surface area contributed by atoms with E-state index in [1.807, 2.05) is 25.3 Å². The molecule has 0 saturated heterocycles. The van der Waals surface area contributed by atoms with Crippen LogP contribution in [0, 0.1) is 6.92 Å². The molecule has 0 heterocycles. The number of aryl methyl sites for hydroxylation is 1. The molecule has 0 fully saturated rings. The van der Waals surface area contributed by atoms with Gasteiger partial charge in [0, 0.05) is 6.54 Å². The average Bonchev–Trinajstić information content (AvgIpc) is 2.71. The Kier molecular flexibility index (Phi) is 9.35. The van der Waals surface area contributed by atoms with Crippen molar-refractivity contribution >= 4 is 35.2 Å². The third-order valence-electron chi connectivity index (χ3n) is 4.48. The fourth-order valence-electron chi connectivity index (χ4n) is 2.93. The molecule has 156 valence electrons. The predicted molar refractivity (Wildman–Crippen MR) is 120 cm³/mol. The molecule has 0 radical (unpaired) electrons. The molecule has 2 rings (SSSR count). The summed E-state index contributed by atoms with van der Waals surface area (Å²) in [5.74, 6) is 1.01. The minimum Gasteiger partial charge on any atom is -0.496 e. The second-order valence-corrected chi connectivity index (χ2v) is 8.04. The van der Waals surface area contributed by atoms with Crippen LogP contribution in [0.2, 0.25) is 5.02 Å². The van der Waals surface area contributed by atoms with Crippen LogP contribution in [-0.4, -0.2) is 43.5 Å². The number of methoxy groups -OCH3 is 1. The molecule has 0 bridgehead atoms. The highest BCUT2D eigenvalue weighted by Crippen LogP contribution is 2.20. The number of hydrogen-bond donors (Lipinski definition) is 2. The Balaban J connectivity index is 1.99. The number of nitrogens with one attached hydrogen (secondary N) is 2. The van der Waals surface area contributed by atoms with Crippen LogP contribution in [0.15, 0.2) is 42.5 Å². The number of amides is 2. The van der Waals surface area contributed by atoms with Crippen molar-refractivity contribution in [3.63, 3.8) is 0 Å². The van der Waals surface area contributed by atoms with Gasteiger partial charge in [-0.1, -0.05) is 41.4 Å². The fourth-order valence-corrected chi connectivity index (χ4v) is 3.63. The minimum atomic E-state index is -0.620. The van der Waals surface area contributed by atoms with Crippen molar-refractivity contribution in [2.24, 2.45) is 0 Å². The van der Waals surface area contributed by atoms with Crippen molar-refractivity contribution in [3.05, 3.63) is 64.2 Å². The first-order valence-corrected chi connectivity index (χ1v) is 11.2. The summed E-state index contributed by atoms with van der Waals surface area (Å²) in [5, 5.41) is 6.11. The highest BCUT2D eigenvalue weighted by atomic mass is 35.5. The lowest BCUT2D eigenvalue weighted by molar-refractivity contribution is -0.122. The maximum atomic E-state index is 12.7. The molecule has 0 aliphatic carbocycles. The van der Waals surface area contributed by atoms with Crippen LogP contribution in [0.1, 0.15) is 27.9 Å². The average molecular weight is 435 g/mol. The lowest BCUT2D eigenvalue weighted by atomic mass is 10.1. The number of ether oxygens (including phenoxy) is 1. The molecule has 2 aromatic rings. The van der Waals surface area contributed by atoms with E-state index in [0.717, 1.165) is 22.6 Å². The second-order valence-electron chi connectivity index (χ2n) is 6.64. The van der Waals surface area contributed by atoms with E-state index in [4.69, 9.17) is 16.3 Å². The number of thioether (sulfide) groups is 1. The Hall–Kier alpha value is -2.18. The van der Waals surface area contributed by atoms with Gasteiger partial charge in [-0.05, 0) is 55.5 Å². The molecule has 29 heavy (non-hydrogen) atoms. The van der Waals surface area contributed by atoms with Gasteiger partial charge in [0.15, 0.2) is 0 Å². The van der Waals surface area contributed by atoms with Crippen LogP contribution in [0.4, 0.5) is 0 Å². The standard InChI is InChI=1S/C22H27ClN2O3S/c1-15-8-9-20(28-2)16(14-15)10-12-24-22(27)19(11-13-29-3)25-21(26)17-6-4-5-7-18(17)23/h4-9,14,19H,10-13H2,1-3H3,(H,24,27)(H,25,26). The Morgan fingerprint density at radius 3 is 2.66 bits per heavy atom. The Morgan fingerprint density at radius 1 is 1.21 bits per heavy atom. The Labute approximate surface area is 181 Å². The minimum absolute atomic E-state index is 0.203. The molecule has 7 heteroatoms. The Morgan fingerprint density at radius 2 is 1.97 bits per heavy atom. The first kappa shape index (κ1) is 23.1. The van der Waals surface area contributed by atoms with Crippen molar-refractivity contribution in [2.45, 2.75) is 25.8 Å². The number of benzene rings is 2. The number of carbonyl (C=O) groups is 2. The molecule has 2 amide bonds. The second kappa shape index (κ2) is 11.7. The molecule has 0 aliphatic heterocycles. The van der Waals surface area contributed by atoms with E-state index >= 15 is 0 Å². The van der Waals surface area contributed by atoms with Gasteiger partial charge in [0.1, 0.15) is 11.8 Å². The van der Waals surface area contributed by atoms with Gasteiger partial charge in [-0.2, -0.15) is 11.8 Å². The van der Waals surface area contributed by atoms with E-state index in [1.165, 1.54) is 0 Å². The summed E-state index contributed by atoms with van der Waals surface area (Å²) < 4.78 is 5.39. The van der Waals surface area contributed by atoms with Crippen molar-refractivity contribution in [3.8, 4) is 5.75 Å². The molecule has 2 N–H and O–H groups in total. The maximum Gasteiger partial charge on any atom is 0.253 e. The molecular formula is C22H27ClN2O3S. The first-order valence-electron chi connectivity index (χ1n) is 9.41. The molecule has 1 atom stereocenters. The smallest absolute Gasteiger partial charge is 0.253 e. The lowest BCUT2D eigenvalue weighted by Gasteiger charge is -2.19. The van der Waals surface area contributed by atoms with Gasteiger partial charge in [-0.15, -0.1) is 0 Å². The third kappa shape index (κ3) is 6.98. The summed E-state index contributed by atoms with van der Waals surface area (Å²) in [6.45, 7) is 2.47. The number of rotatable bonds is 10. The van der Waals surface area contributed by atoms with Crippen LogP contribution in [0.25, 0.3) is 0 Å². The number of carbonyl (C=O) groups excluding carboxylic acids is 2. The molecule has 1 unspecified atom stereocenters. The summed E-state index contributed by atoms with van der Waals surface area (Å²) in [6, 6.07) is 12.2. The van der Waals surface area contributed by atoms with Crippen molar-refractivity contribution in [1.29, 1.82) is 0 Å². The summed E-state index contributed by atoms with van der Waals surface area (Å²) in [5.41, 5.74) is 2.53. The molecular weight excluding hydrogens is 408 g/mol. The summed E-state index contributed by atoms with van der Waals surface area (Å²) in [7, 11) is 1.63. The van der Waals surface area contributed by atoms with Gasteiger partial charge in [-0.3, -0.25) is 9.59 Å². The number of hydrogen-bond acceptors (Lipinski definition) is 4. The third-order valence-corrected chi connectivity index (χ3v) is 5.45. The van der Waals surface area contributed by atoms with Crippen molar-refractivity contribution < 1.29 is 14.3 Å². The van der Waals surface area contributed by atoms with Gasteiger partial charge in [-0.25, -0.2) is 0 Å². The summed E-state index contributed by atoms with van der Waals surface area (Å²) in [4.78, 5) is 25.3. The van der Waals surface area contributed by atoms with Crippen LogP contribution >= 0.6 is 23.4 Å². The van der Waals surface area contributed by atoms with E-state index in [-0.39, 0.29) is 11.8 Å². The molecule has 0 spiro atoms. The van der Waals surface area contributed by atoms with Gasteiger partial charge in [0.25, 0.3) is 5.91 Å². The van der Waals surface area contributed by atoms with Crippen LogP contribution in [0.3, 0.4) is 0 Å². The molecule has 0 saturated carbocycles. The zero-order valence-corrected chi connectivity index (χ0v) is 18.5. The molecule has 5 nitrogen and oxygen atoms in total. The predicted octanol–water partition coefficient (Wildman–Crippen LogP) is 3.87. The van der Waals surface area contributed by atoms with Gasteiger partial charge in [0.2, 0.25) is 5.91 Å². The van der Waals surface area contributed by atoms with E-state index in [1.54, 1.807) is 43.1 Å². The summed E-state index contributed by atoms with van der Waals surface area (Å²) >= 11 is 7.73. The largest absolute Gasteiger partial charge is 0.496 e. The quantitative estimate of drug-likeness (QED) is 0.595. The molecule has 2 aromatic carbocycles. The van der Waals surface area contributed by atoms with Crippen LogP contribution in [0.5, 0.6) is 5.75 Å². The molecule has 0 aliphatic rings. The highest BCUT2D eigenvalue weighted by molar-refractivity contribution is 7.98. The normalized spacial score (nSPS) is 11.6. The van der Waals surface area contributed by atoms with Crippen LogP contribution in [-0.2, 0) is 11.2 Å². The van der Waals surface area contributed by atoms with E-state index in [9.17, 15) is 9.59 Å². The lowest BCUT2D eigenvalue weighted by Crippen LogP contribution is -2.47. The zero-order valence-electron chi connectivity index (χ0n) is 17.0. The van der Waals surface area contributed by atoms with Gasteiger partial charge >= 0.3 is 0 Å². The van der Waals surface area contributed by atoms with Crippen LogP contribution < -0.4 is 15.4 Å². The SMILES string of the molecule is COc1ccc(C)cc1CCNC(=O)C(CCSC)NC(=O)c1ccccc1Cl. The summed E-state index contributed by atoms with van der Waals surface area (Å²) in [6.07, 6.45) is 3.15. The monoisotopic (exact) mass is 434 g/mol. The van der Waals surface area contributed by atoms with Crippen molar-refractivity contribution in [2.75, 3.05) is 25.7 Å². The van der Waals surface area contributed by atoms with Crippen molar-refractivity contribution in [1.82, 2.24) is 10.6 Å². The Bertz CT molecular complexity index is 845.